The Morgan fingerprint density at radius 2 is 1.61 bits per heavy atom. The van der Waals surface area contributed by atoms with Crippen molar-refractivity contribution in [3.05, 3.63) is 72.3 Å². The fourth-order valence-electron chi connectivity index (χ4n) is 3.92. The Kier molecular flexibility index (Phi) is 6.53. The first-order chi connectivity index (χ1) is 15.1. The van der Waals surface area contributed by atoms with Crippen molar-refractivity contribution in [3.63, 3.8) is 0 Å². The molecule has 0 unspecified atom stereocenters. The third kappa shape index (κ3) is 4.73. The third-order valence-corrected chi connectivity index (χ3v) is 7.32. The van der Waals surface area contributed by atoms with Crippen LogP contribution in [-0.2, 0) is 26.3 Å². The van der Waals surface area contributed by atoms with E-state index in [9.17, 15) is 13.2 Å². The summed E-state index contributed by atoms with van der Waals surface area (Å²) in [4.78, 5) is 17.5. The van der Waals surface area contributed by atoms with E-state index in [1.165, 1.54) is 4.31 Å². The van der Waals surface area contributed by atoms with Crippen LogP contribution in [0.3, 0.4) is 0 Å². The molecule has 31 heavy (non-hydrogen) atoms. The molecule has 162 valence electrons. The highest BCUT2D eigenvalue weighted by Gasteiger charge is 2.34. The number of benzene rings is 3. The smallest absolute Gasteiger partial charge is 0.265 e. The van der Waals surface area contributed by atoms with Gasteiger partial charge in [0.15, 0.2) is 0 Å². The van der Waals surface area contributed by atoms with E-state index in [1.54, 1.807) is 12.1 Å². The van der Waals surface area contributed by atoms with Crippen LogP contribution in [0.25, 0.3) is 10.8 Å². The van der Waals surface area contributed by atoms with Crippen LogP contribution in [0.5, 0.6) is 0 Å². The van der Waals surface area contributed by atoms with E-state index in [1.807, 2.05) is 54.6 Å². The molecule has 0 fully saturated rings. The zero-order chi connectivity index (χ0) is 21.7. The number of carbonyl (C=O) groups excluding carboxylic acids is 1. The van der Waals surface area contributed by atoms with E-state index >= 15 is 0 Å². The molecule has 3 aromatic rings. The van der Waals surface area contributed by atoms with Gasteiger partial charge in [0.25, 0.3) is 10.0 Å². The first kappa shape index (κ1) is 21.3. The summed E-state index contributed by atoms with van der Waals surface area (Å²) in [5.74, 6) is -0.139. The lowest BCUT2D eigenvalue weighted by atomic mass is 10.1. The maximum absolute atomic E-state index is 12.9. The standard InChI is InChI=1S/C24H26N2O4S/c27-23(25-30-18-19-10-4-3-5-11-19)16-6-1-2-7-17-26-21-14-8-12-20-13-9-15-22(24(20)21)31(26,28)29/h3-5,8-15H,1-2,6-7,16-18H2,(H,25,27). The van der Waals surface area contributed by atoms with Gasteiger partial charge in [0.1, 0.15) is 0 Å². The molecule has 0 saturated heterocycles. The normalized spacial score (nSPS) is 14.1. The number of amides is 1. The molecule has 7 heteroatoms. The van der Waals surface area contributed by atoms with Crippen molar-refractivity contribution in [1.29, 1.82) is 0 Å². The van der Waals surface area contributed by atoms with Crippen molar-refractivity contribution in [1.82, 2.24) is 5.48 Å². The first-order valence-corrected chi connectivity index (χ1v) is 12.0. The number of anilines is 1. The van der Waals surface area contributed by atoms with Crippen molar-refractivity contribution >= 4 is 32.4 Å². The maximum Gasteiger partial charge on any atom is 0.265 e. The highest BCUT2D eigenvalue weighted by molar-refractivity contribution is 7.93. The van der Waals surface area contributed by atoms with Crippen LogP contribution in [0.1, 0.15) is 37.7 Å². The second-order valence-electron chi connectivity index (χ2n) is 7.67. The van der Waals surface area contributed by atoms with Gasteiger partial charge in [-0.2, -0.15) is 0 Å². The predicted molar refractivity (Wildman–Crippen MR) is 121 cm³/mol. The number of nitrogens with zero attached hydrogens (tertiary/aromatic N) is 1. The van der Waals surface area contributed by atoms with Gasteiger partial charge < -0.3 is 0 Å². The molecule has 4 rings (SSSR count). The second kappa shape index (κ2) is 9.49. The van der Waals surface area contributed by atoms with E-state index < -0.39 is 10.0 Å². The molecule has 0 aromatic heterocycles. The summed E-state index contributed by atoms with van der Waals surface area (Å²) in [6.45, 7) is 0.786. The van der Waals surface area contributed by atoms with E-state index in [-0.39, 0.29) is 5.91 Å². The molecular weight excluding hydrogens is 412 g/mol. The lowest BCUT2D eigenvalue weighted by molar-refractivity contribution is -0.134. The molecule has 1 amide bonds. The van der Waals surface area contributed by atoms with Crippen LogP contribution in [0, 0.1) is 0 Å². The van der Waals surface area contributed by atoms with Crippen LogP contribution in [0.4, 0.5) is 5.69 Å². The number of hydroxylamine groups is 1. The summed E-state index contributed by atoms with van der Waals surface area (Å²) in [5, 5.41) is 1.76. The number of sulfonamides is 1. The van der Waals surface area contributed by atoms with Crippen LogP contribution in [0.2, 0.25) is 0 Å². The van der Waals surface area contributed by atoms with Crippen molar-refractivity contribution in [2.24, 2.45) is 0 Å². The fraction of sp³-hybridized carbons (Fsp3) is 0.292. The quantitative estimate of drug-likeness (QED) is 0.372. The number of carbonyl (C=O) groups is 1. The van der Waals surface area contributed by atoms with Gasteiger partial charge in [-0.25, -0.2) is 13.9 Å². The highest BCUT2D eigenvalue weighted by Crippen LogP contribution is 2.41. The molecule has 0 atom stereocenters. The van der Waals surface area contributed by atoms with E-state index in [0.29, 0.717) is 24.5 Å². The van der Waals surface area contributed by atoms with Gasteiger partial charge in [-0.1, -0.05) is 67.4 Å². The Hall–Kier alpha value is -2.90. The summed E-state index contributed by atoms with van der Waals surface area (Å²) in [6, 6.07) is 20.8. The molecule has 0 bridgehead atoms. The number of hydrogen-bond acceptors (Lipinski definition) is 4. The summed E-state index contributed by atoms with van der Waals surface area (Å²) in [6.07, 6.45) is 3.59. The minimum atomic E-state index is -3.49. The molecule has 1 aliphatic rings. The summed E-state index contributed by atoms with van der Waals surface area (Å²) >= 11 is 0. The number of hydrogen-bond donors (Lipinski definition) is 1. The second-order valence-corrected chi connectivity index (χ2v) is 9.50. The predicted octanol–water partition coefficient (Wildman–Crippen LogP) is 4.55. The van der Waals surface area contributed by atoms with Gasteiger partial charge >= 0.3 is 0 Å². The monoisotopic (exact) mass is 438 g/mol. The molecule has 0 radical (unpaired) electrons. The summed E-state index contributed by atoms with van der Waals surface area (Å²) < 4.78 is 27.4. The summed E-state index contributed by atoms with van der Waals surface area (Å²) in [5.41, 5.74) is 4.24. The van der Waals surface area contributed by atoms with Crippen LogP contribution < -0.4 is 9.79 Å². The minimum absolute atomic E-state index is 0.139. The Morgan fingerprint density at radius 1 is 0.871 bits per heavy atom. The summed E-state index contributed by atoms with van der Waals surface area (Å²) in [7, 11) is -3.49. The number of nitrogens with one attached hydrogen (secondary N) is 1. The Labute approximate surface area is 182 Å². The van der Waals surface area contributed by atoms with Crippen molar-refractivity contribution in [2.75, 3.05) is 10.8 Å². The molecule has 0 saturated carbocycles. The molecule has 3 aromatic carbocycles. The molecule has 1 aliphatic heterocycles. The van der Waals surface area contributed by atoms with Crippen LogP contribution in [-0.4, -0.2) is 20.9 Å². The molecule has 0 aliphatic carbocycles. The third-order valence-electron chi connectivity index (χ3n) is 5.46. The van der Waals surface area contributed by atoms with Crippen LogP contribution in [0.15, 0.2) is 71.6 Å². The first-order valence-electron chi connectivity index (χ1n) is 10.6. The van der Waals surface area contributed by atoms with Gasteiger partial charge in [0.2, 0.25) is 5.91 Å². The molecule has 1 heterocycles. The minimum Gasteiger partial charge on any atom is -0.273 e. The topological polar surface area (TPSA) is 75.7 Å². The van der Waals surface area contributed by atoms with E-state index in [2.05, 4.69) is 5.48 Å². The molecule has 6 nitrogen and oxygen atoms in total. The van der Waals surface area contributed by atoms with E-state index in [4.69, 9.17) is 4.84 Å². The zero-order valence-electron chi connectivity index (χ0n) is 17.3. The average Bonchev–Trinajstić information content (AvgIpc) is 3.00. The largest absolute Gasteiger partial charge is 0.273 e. The van der Waals surface area contributed by atoms with Gasteiger partial charge in [0, 0.05) is 18.4 Å². The lowest BCUT2D eigenvalue weighted by Gasteiger charge is -2.18. The van der Waals surface area contributed by atoms with Gasteiger partial charge in [-0.3, -0.25) is 13.9 Å². The number of unbranched alkanes of at least 4 members (excludes halogenated alkanes) is 3. The van der Waals surface area contributed by atoms with Crippen LogP contribution >= 0.6 is 0 Å². The molecular formula is C24H26N2O4S. The van der Waals surface area contributed by atoms with Crippen molar-refractivity contribution < 1.29 is 18.0 Å². The Bertz CT molecular complexity index is 1160. The van der Waals surface area contributed by atoms with Gasteiger partial charge in [-0.05, 0) is 35.9 Å². The SMILES string of the molecule is O=C(CCCCCCN1c2cccc3cccc(c23)S1(=O)=O)NOCc1ccccc1. The van der Waals surface area contributed by atoms with Crippen molar-refractivity contribution in [2.45, 2.75) is 43.6 Å². The lowest BCUT2D eigenvalue weighted by Crippen LogP contribution is -2.28. The zero-order valence-corrected chi connectivity index (χ0v) is 18.1. The van der Waals surface area contributed by atoms with Crippen molar-refractivity contribution in [3.8, 4) is 0 Å². The highest BCUT2D eigenvalue weighted by atomic mass is 32.2. The van der Waals surface area contributed by atoms with Gasteiger partial charge in [0.05, 0.1) is 17.2 Å². The Morgan fingerprint density at radius 3 is 2.42 bits per heavy atom. The molecule has 1 N–H and O–H groups in total. The molecule has 0 spiro atoms. The maximum atomic E-state index is 12.9. The number of rotatable bonds is 10. The van der Waals surface area contributed by atoms with E-state index in [0.717, 1.165) is 47.7 Å². The van der Waals surface area contributed by atoms with Gasteiger partial charge in [-0.15, -0.1) is 0 Å². The average molecular weight is 439 g/mol. The fourth-order valence-corrected chi connectivity index (χ4v) is 5.67. The Balaban J connectivity index is 1.18.